The van der Waals surface area contributed by atoms with Crippen LogP contribution in [0.3, 0.4) is 0 Å². The van der Waals surface area contributed by atoms with Crippen LogP contribution in [0.4, 0.5) is 8.78 Å². The molecule has 178 valence electrons. The minimum absolute atomic E-state index is 0.283. The minimum atomic E-state index is -3.12. The first-order valence-electron chi connectivity index (χ1n) is 11.0. The summed E-state index contributed by atoms with van der Waals surface area (Å²) in [6.07, 6.45) is 0.774. The van der Waals surface area contributed by atoms with E-state index < -0.39 is 43.3 Å². The number of nitrogens with zero attached hydrogens (tertiary/aromatic N) is 3. The highest BCUT2D eigenvalue weighted by molar-refractivity contribution is 6.07. The molecular weight excluding hydrogens is 458 g/mol. The van der Waals surface area contributed by atoms with E-state index in [2.05, 4.69) is 10.3 Å². The second kappa shape index (κ2) is 8.83. The summed E-state index contributed by atoms with van der Waals surface area (Å²) in [6, 6.07) is 13.1. The molecule has 1 aromatic heterocycles. The number of carbonyl (C=O) groups is 2. The largest absolute Gasteiger partial charge is 0.486 e. The molecule has 2 aliphatic heterocycles. The monoisotopic (exact) mass is 478 g/mol. The maximum Gasteiger partial charge on any atom is 0.268 e. The third kappa shape index (κ3) is 4.45. The van der Waals surface area contributed by atoms with Gasteiger partial charge < -0.3 is 19.7 Å². The molecule has 0 bridgehead atoms. The molecule has 1 N–H and O–H groups in total. The normalized spacial score (nSPS) is 18.2. The number of alkyl halides is 2. The number of carbonyl (C=O) groups excluding carboxylic acids is 2. The molecule has 1 fully saturated rings. The lowest BCUT2D eigenvalue weighted by Gasteiger charge is -2.19. The lowest BCUT2D eigenvalue weighted by Crippen LogP contribution is -2.43. The Labute approximate surface area is 199 Å². The van der Waals surface area contributed by atoms with E-state index in [0.717, 1.165) is 16.0 Å². The molecule has 2 amide bonds. The van der Waals surface area contributed by atoms with E-state index in [1.807, 2.05) is 30.3 Å². The van der Waals surface area contributed by atoms with Crippen molar-refractivity contribution < 1.29 is 27.8 Å². The number of halogens is 2. The van der Waals surface area contributed by atoms with Gasteiger partial charge in [-0.1, -0.05) is 12.1 Å². The van der Waals surface area contributed by atoms with Gasteiger partial charge in [-0.2, -0.15) is 5.26 Å². The SMILES string of the molecule is N#CC1CC(F)(F)CN1C(=O)CNC(=O)c1ccnc2ccc(-c3ccc4c(c3)OCCO4)cc12. The van der Waals surface area contributed by atoms with E-state index >= 15 is 0 Å². The number of benzene rings is 2. The fraction of sp³-hybridized carbons (Fsp3) is 0.280. The summed E-state index contributed by atoms with van der Waals surface area (Å²) in [4.78, 5) is 30.5. The van der Waals surface area contributed by atoms with E-state index in [4.69, 9.17) is 14.7 Å². The molecule has 3 aromatic rings. The molecule has 0 aliphatic carbocycles. The molecule has 35 heavy (non-hydrogen) atoms. The number of pyridine rings is 1. The Hall–Kier alpha value is -4.26. The molecular formula is C25H20F2N4O4. The van der Waals surface area contributed by atoms with Crippen LogP contribution in [0, 0.1) is 11.3 Å². The van der Waals surface area contributed by atoms with E-state index in [1.54, 1.807) is 12.1 Å². The lowest BCUT2D eigenvalue weighted by molar-refractivity contribution is -0.131. The summed E-state index contributed by atoms with van der Waals surface area (Å²) in [7, 11) is 0. The minimum Gasteiger partial charge on any atom is -0.486 e. The Morgan fingerprint density at radius 1 is 1.11 bits per heavy atom. The number of hydrogen-bond donors (Lipinski definition) is 1. The van der Waals surface area contributed by atoms with Crippen molar-refractivity contribution in [2.75, 3.05) is 26.3 Å². The molecule has 3 heterocycles. The number of ether oxygens (including phenoxy) is 2. The number of rotatable bonds is 4. The van der Waals surface area contributed by atoms with Gasteiger partial charge >= 0.3 is 0 Å². The molecule has 1 unspecified atom stereocenters. The van der Waals surface area contributed by atoms with Gasteiger partial charge in [-0.15, -0.1) is 0 Å². The molecule has 8 nitrogen and oxygen atoms in total. The molecule has 10 heteroatoms. The van der Waals surface area contributed by atoms with Gasteiger partial charge in [0, 0.05) is 18.0 Å². The van der Waals surface area contributed by atoms with E-state index in [1.165, 1.54) is 12.3 Å². The van der Waals surface area contributed by atoms with Crippen molar-refractivity contribution in [2.45, 2.75) is 18.4 Å². The van der Waals surface area contributed by atoms with Gasteiger partial charge in [0.2, 0.25) is 5.91 Å². The average Bonchev–Trinajstić information content (AvgIpc) is 3.20. The maximum atomic E-state index is 13.6. The van der Waals surface area contributed by atoms with Gasteiger partial charge in [-0.3, -0.25) is 14.6 Å². The highest BCUT2D eigenvalue weighted by Gasteiger charge is 2.47. The van der Waals surface area contributed by atoms with Crippen LogP contribution in [0.5, 0.6) is 11.5 Å². The van der Waals surface area contributed by atoms with Crippen LogP contribution in [-0.4, -0.2) is 60.0 Å². The zero-order valence-electron chi connectivity index (χ0n) is 18.5. The first-order valence-corrected chi connectivity index (χ1v) is 11.0. The molecule has 2 aliphatic rings. The van der Waals surface area contributed by atoms with Crippen LogP contribution in [0.15, 0.2) is 48.7 Å². The quantitative estimate of drug-likeness (QED) is 0.618. The number of amides is 2. The van der Waals surface area contributed by atoms with Crippen LogP contribution < -0.4 is 14.8 Å². The molecule has 0 saturated carbocycles. The van der Waals surface area contributed by atoms with Crippen LogP contribution in [0.1, 0.15) is 16.8 Å². The van der Waals surface area contributed by atoms with Crippen molar-refractivity contribution in [3.63, 3.8) is 0 Å². The third-order valence-corrected chi connectivity index (χ3v) is 6.00. The molecule has 2 aromatic carbocycles. The number of fused-ring (bicyclic) bond motifs is 2. The van der Waals surface area contributed by atoms with Crippen LogP contribution in [0.2, 0.25) is 0 Å². The van der Waals surface area contributed by atoms with Crippen molar-refractivity contribution in [3.8, 4) is 28.7 Å². The molecule has 0 radical (unpaired) electrons. The Bertz CT molecular complexity index is 1370. The summed E-state index contributed by atoms with van der Waals surface area (Å²) in [5, 5.41) is 12.1. The van der Waals surface area contributed by atoms with Gasteiger partial charge in [0.1, 0.15) is 19.3 Å². The second-order valence-corrected chi connectivity index (χ2v) is 8.36. The van der Waals surface area contributed by atoms with Crippen LogP contribution >= 0.6 is 0 Å². The molecule has 1 saturated heterocycles. The predicted molar refractivity (Wildman–Crippen MR) is 121 cm³/mol. The Morgan fingerprint density at radius 2 is 1.86 bits per heavy atom. The van der Waals surface area contributed by atoms with E-state index in [0.29, 0.717) is 35.6 Å². The second-order valence-electron chi connectivity index (χ2n) is 8.36. The topological polar surface area (TPSA) is 105 Å². The lowest BCUT2D eigenvalue weighted by atomic mass is 10.00. The van der Waals surface area contributed by atoms with Gasteiger partial charge in [-0.25, -0.2) is 8.78 Å². The number of nitrogens with one attached hydrogen (secondary N) is 1. The zero-order valence-corrected chi connectivity index (χ0v) is 18.5. The number of aromatic nitrogens is 1. The van der Waals surface area contributed by atoms with Crippen molar-refractivity contribution in [1.82, 2.24) is 15.2 Å². The van der Waals surface area contributed by atoms with Gasteiger partial charge in [0.15, 0.2) is 11.5 Å². The zero-order chi connectivity index (χ0) is 24.6. The smallest absolute Gasteiger partial charge is 0.268 e. The Balaban J connectivity index is 1.37. The third-order valence-electron chi connectivity index (χ3n) is 6.00. The summed E-state index contributed by atoms with van der Waals surface area (Å²) < 4.78 is 38.5. The predicted octanol–water partition coefficient (Wildman–Crippen LogP) is 3.16. The van der Waals surface area contributed by atoms with Gasteiger partial charge in [0.25, 0.3) is 11.8 Å². The average molecular weight is 478 g/mol. The molecule has 5 rings (SSSR count). The molecule has 1 atom stereocenters. The number of nitriles is 1. The fourth-order valence-corrected chi connectivity index (χ4v) is 4.29. The molecule has 0 spiro atoms. The standard InChI is InChI=1S/C25H20F2N4O4/c26-25(27)11-17(12-28)31(14-25)23(32)13-30-24(33)18-5-6-29-20-3-1-15(9-19(18)20)16-2-4-21-22(10-16)35-8-7-34-21/h1-6,9-10,17H,7-8,11,13-14H2,(H,30,33). The van der Waals surface area contributed by atoms with Gasteiger partial charge in [-0.05, 0) is 41.5 Å². The number of likely N-dealkylation sites (tertiary alicyclic amines) is 1. The highest BCUT2D eigenvalue weighted by atomic mass is 19.3. The van der Waals surface area contributed by atoms with E-state index in [9.17, 15) is 18.4 Å². The van der Waals surface area contributed by atoms with Crippen molar-refractivity contribution in [2.24, 2.45) is 0 Å². The van der Waals surface area contributed by atoms with Crippen molar-refractivity contribution in [1.29, 1.82) is 5.26 Å². The Kier molecular flexibility index (Phi) is 5.68. The summed E-state index contributed by atoms with van der Waals surface area (Å²) in [5.41, 5.74) is 2.54. The summed E-state index contributed by atoms with van der Waals surface area (Å²) >= 11 is 0. The van der Waals surface area contributed by atoms with Crippen molar-refractivity contribution >= 4 is 22.7 Å². The van der Waals surface area contributed by atoms with E-state index in [-0.39, 0.29) is 5.56 Å². The van der Waals surface area contributed by atoms with Crippen molar-refractivity contribution in [3.05, 3.63) is 54.2 Å². The Morgan fingerprint density at radius 3 is 2.66 bits per heavy atom. The van der Waals surface area contributed by atoms with Crippen LogP contribution in [-0.2, 0) is 4.79 Å². The van der Waals surface area contributed by atoms with Gasteiger partial charge in [0.05, 0.1) is 30.2 Å². The number of hydrogen-bond acceptors (Lipinski definition) is 6. The summed E-state index contributed by atoms with van der Waals surface area (Å²) in [5.74, 6) is -3.10. The maximum absolute atomic E-state index is 13.6. The fourth-order valence-electron chi connectivity index (χ4n) is 4.29. The summed E-state index contributed by atoms with van der Waals surface area (Å²) in [6.45, 7) is -0.382. The highest BCUT2D eigenvalue weighted by Crippen LogP contribution is 2.35. The first-order chi connectivity index (χ1) is 16.8. The van der Waals surface area contributed by atoms with Crippen LogP contribution in [0.25, 0.3) is 22.0 Å². The first kappa shape index (κ1) is 22.5.